The van der Waals surface area contributed by atoms with Gasteiger partial charge in [0.1, 0.15) is 17.5 Å². The quantitative estimate of drug-likeness (QED) is 0.743. The normalized spacial score (nSPS) is 20.0. The second-order valence-electron chi connectivity index (χ2n) is 8.07. The van der Waals surface area contributed by atoms with Crippen molar-refractivity contribution in [1.29, 1.82) is 5.26 Å². The Morgan fingerprint density at radius 3 is 2.46 bits per heavy atom. The number of carbonyl (C=O) groups is 1. The predicted molar refractivity (Wildman–Crippen MR) is 91.3 cm³/mol. The lowest BCUT2D eigenvalue weighted by Crippen LogP contribution is -2.26. The van der Waals surface area contributed by atoms with E-state index >= 15 is 0 Å². The average molecular weight is 331 g/mol. The van der Waals surface area contributed by atoms with Gasteiger partial charge in [-0.2, -0.15) is 5.26 Å². The van der Waals surface area contributed by atoms with Crippen LogP contribution >= 0.6 is 0 Å². The Morgan fingerprint density at radius 2 is 2.04 bits per heavy atom. The predicted octanol–water partition coefficient (Wildman–Crippen LogP) is 4.83. The van der Waals surface area contributed by atoms with Crippen LogP contribution in [0.1, 0.15) is 82.1 Å². The molecule has 1 aliphatic rings. The Bertz CT molecular complexity index is 695. The van der Waals surface area contributed by atoms with Crippen LogP contribution in [0.4, 0.5) is 4.39 Å². The lowest BCUT2D eigenvalue weighted by Gasteiger charge is -2.23. The van der Waals surface area contributed by atoms with E-state index in [2.05, 4.69) is 6.92 Å². The standard InChI is InChI=1S/C20H26FNO2/c1-11(2)18-16(9-17(23)24-20(4,5)6)15(14-7-12(14)3)8-13(10-22)19(18)21/h8,11-12,14H,7,9H2,1-6H3/t12-,14?/m1/s1. The maximum Gasteiger partial charge on any atom is 0.310 e. The summed E-state index contributed by atoms with van der Waals surface area (Å²) in [5.74, 6) is -0.165. The van der Waals surface area contributed by atoms with Gasteiger partial charge >= 0.3 is 5.97 Å². The molecular weight excluding hydrogens is 305 g/mol. The molecule has 0 N–H and O–H groups in total. The lowest BCUT2D eigenvalue weighted by atomic mass is 9.86. The van der Waals surface area contributed by atoms with Gasteiger partial charge in [-0.3, -0.25) is 4.79 Å². The van der Waals surface area contributed by atoms with Gasteiger partial charge in [-0.15, -0.1) is 0 Å². The van der Waals surface area contributed by atoms with Crippen LogP contribution in [0.2, 0.25) is 0 Å². The van der Waals surface area contributed by atoms with Crippen LogP contribution in [0.3, 0.4) is 0 Å². The van der Waals surface area contributed by atoms with Crippen LogP contribution < -0.4 is 0 Å². The van der Waals surface area contributed by atoms with Gasteiger partial charge in [0.25, 0.3) is 0 Å². The molecular formula is C20H26FNO2. The molecule has 0 radical (unpaired) electrons. The number of nitriles is 1. The number of hydrogen-bond acceptors (Lipinski definition) is 3. The van der Waals surface area contributed by atoms with Crippen molar-refractivity contribution in [2.45, 2.75) is 71.8 Å². The average Bonchev–Trinajstić information content (AvgIpc) is 3.13. The first kappa shape index (κ1) is 18.4. The van der Waals surface area contributed by atoms with Crippen molar-refractivity contribution in [2.75, 3.05) is 0 Å². The summed E-state index contributed by atoms with van der Waals surface area (Å²) in [6, 6.07) is 3.59. The maximum atomic E-state index is 14.8. The molecule has 1 fully saturated rings. The number of rotatable bonds is 4. The Hall–Kier alpha value is -1.89. The minimum atomic E-state index is -0.576. The van der Waals surface area contributed by atoms with Gasteiger partial charge in [0.2, 0.25) is 0 Å². The van der Waals surface area contributed by atoms with Crippen LogP contribution in [-0.4, -0.2) is 11.6 Å². The van der Waals surface area contributed by atoms with Crippen molar-refractivity contribution in [3.8, 4) is 6.07 Å². The van der Waals surface area contributed by atoms with Crippen LogP contribution in [0, 0.1) is 23.1 Å². The number of hydrogen-bond donors (Lipinski definition) is 0. The van der Waals surface area contributed by atoms with Gasteiger partial charge in [-0.05, 0) is 67.7 Å². The molecule has 2 rings (SSSR count). The zero-order chi connectivity index (χ0) is 18.2. The number of benzene rings is 1. The third-order valence-corrected chi connectivity index (χ3v) is 4.39. The summed E-state index contributed by atoms with van der Waals surface area (Å²) >= 11 is 0. The topological polar surface area (TPSA) is 50.1 Å². The molecule has 0 aromatic heterocycles. The Kier molecular flexibility index (Phi) is 5.03. The van der Waals surface area contributed by atoms with E-state index < -0.39 is 11.4 Å². The largest absolute Gasteiger partial charge is 0.460 e. The highest BCUT2D eigenvalue weighted by atomic mass is 19.1. The highest BCUT2D eigenvalue weighted by molar-refractivity contribution is 5.75. The van der Waals surface area contributed by atoms with Crippen LogP contribution in [-0.2, 0) is 16.0 Å². The molecule has 0 amide bonds. The number of esters is 1. The second-order valence-corrected chi connectivity index (χ2v) is 8.07. The smallest absolute Gasteiger partial charge is 0.310 e. The molecule has 24 heavy (non-hydrogen) atoms. The third-order valence-electron chi connectivity index (χ3n) is 4.39. The number of ether oxygens (including phenoxy) is 1. The molecule has 1 unspecified atom stereocenters. The van der Waals surface area contributed by atoms with Crippen molar-refractivity contribution < 1.29 is 13.9 Å². The lowest BCUT2D eigenvalue weighted by molar-refractivity contribution is -0.153. The highest BCUT2D eigenvalue weighted by Gasteiger charge is 2.38. The van der Waals surface area contributed by atoms with E-state index in [1.165, 1.54) is 0 Å². The summed E-state index contributed by atoms with van der Waals surface area (Å²) in [6.07, 6.45) is 1.06. The van der Waals surface area contributed by atoms with E-state index in [1.807, 2.05) is 40.7 Å². The van der Waals surface area contributed by atoms with Gasteiger partial charge in [0.15, 0.2) is 0 Å². The van der Waals surface area contributed by atoms with Crippen molar-refractivity contribution in [1.82, 2.24) is 0 Å². The van der Waals surface area contributed by atoms with Gasteiger partial charge in [0, 0.05) is 0 Å². The zero-order valence-electron chi connectivity index (χ0n) is 15.4. The van der Waals surface area contributed by atoms with Gasteiger partial charge in [0.05, 0.1) is 12.0 Å². The Balaban J connectivity index is 2.52. The monoisotopic (exact) mass is 331 g/mol. The van der Waals surface area contributed by atoms with Gasteiger partial charge in [-0.25, -0.2) is 4.39 Å². The van der Waals surface area contributed by atoms with E-state index in [4.69, 9.17) is 4.74 Å². The SMILES string of the molecule is CC(C)c1c(F)c(C#N)cc(C2C[C@H]2C)c1CC(=O)OC(C)(C)C. The molecule has 0 spiro atoms. The molecule has 2 atom stereocenters. The minimum Gasteiger partial charge on any atom is -0.460 e. The summed E-state index contributed by atoms with van der Waals surface area (Å²) in [5.41, 5.74) is 1.63. The Labute approximate surface area is 143 Å². The van der Waals surface area contributed by atoms with E-state index in [-0.39, 0.29) is 23.9 Å². The zero-order valence-corrected chi connectivity index (χ0v) is 15.4. The fraction of sp³-hybridized carbons (Fsp3) is 0.600. The first-order valence-corrected chi connectivity index (χ1v) is 8.52. The summed E-state index contributed by atoms with van der Waals surface area (Å²) in [4.78, 5) is 12.3. The van der Waals surface area contributed by atoms with Gasteiger partial charge in [-0.1, -0.05) is 20.8 Å². The van der Waals surface area contributed by atoms with Crippen molar-refractivity contribution in [3.63, 3.8) is 0 Å². The second kappa shape index (κ2) is 6.55. The molecule has 1 aromatic rings. The molecule has 0 aliphatic heterocycles. The van der Waals surface area contributed by atoms with Crippen LogP contribution in [0.25, 0.3) is 0 Å². The first-order valence-electron chi connectivity index (χ1n) is 8.52. The van der Waals surface area contributed by atoms with Gasteiger partial charge < -0.3 is 4.74 Å². The number of carbonyl (C=O) groups excluding carboxylic acids is 1. The summed E-state index contributed by atoms with van der Waals surface area (Å²) in [5, 5.41) is 9.26. The molecule has 1 aromatic carbocycles. The molecule has 4 heteroatoms. The van der Waals surface area contributed by atoms with Crippen molar-refractivity contribution in [2.24, 2.45) is 5.92 Å². The maximum absolute atomic E-state index is 14.8. The van der Waals surface area contributed by atoms with E-state index in [0.29, 0.717) is 23.0 Å². The molecule has 0 heterocycles. The number of halogens is 1. The number of nitrogens with zero attached hydrogens (tertiary/aromatic N) is 1. The molecule has 1 aliphatic carbocycles. The molecule has 3 nitrogen and oxygen atoms in total. The van der Waals surface area contributed by atoms with Crippen LogP contribution in [0.5, 0.6) is 0 Å². The first-order chi connectivity index (χ1) is 11.0. The summed E-state index contributed by atoms with van der Waals surface area (Å²) < 4.78 is 20.2. The molecule has 1 saturated carbocycles. The minimum absolute atomic E-state index is 0.0476. The molecule has 0 saturated heterocycles. The summed E-state index contributed by atoms with van der Waals surface area (Å²) in [6.45, 7) is 11.4. The highest BCUT2D eigenvalue weighted by Crippen LogP contribution is 2.49. The van der Waals surface area contributed by atoms with Crippen LogP contribution in [0.15, 0.2) is 6.07 Å². The molecule has 130 valence electrons. The van der Waals surface area contributed by atoms with Crippen molar-refractivity contribution >= 4 is 5.97 Å². The fourth-order valence-corrected chi connectivity index (χ4v) is 3.23. The van der Waals surface area contributed by atoms with E-state index in [9.17, 15) is 14.4 Å². The van der Waals surface area contributed by atoms with Crippen molar-refractivity contribution in [3.05, 3.63) is 34.1 Å². The Morgan fingerprint density at radius 1 is 1.46 bits per heavy atom. The molecule has 0 bridgehead atoms. The van der Waals surface area contributed by atoms with E-state index in [1.54, 1.807) is 6.07 Å². The fourth-order valence-electron chi connectivity index (χ4n) is 3.23. The third kappa shape index (κ3) is 3.95. The summed E-state index contributed by atoms with van der Waals surface area (Å²) in [7, 11) is 0. The van der Waals surface area contributed by atoms with E-state index in [0.717, 1.165) is 12.0 Å².